The minimum Gasteiger partial charge on any atom is -0.343 e. The number of aromatic nitrogens is 3. The highest BCUT2D eigenvalue weighted by Gasteiger charge is 2.14. The second-order valence-electron chi connectivity index (χ2n) is 5.20. The van der Waals surface area contributed by atoms with Gasteiger partial charge in [-0.15, -0.1) is 0 Å². The number of nitrogens with zero attached hydrogens (tertiary/aromatic N) is 4. The molecule has 0 spiro atoms. The molecule has 2 N–H and O–H groups in total. The number of nitrogens with two attached hydrogens (primary N) is 1. The zero-order valence-electron chi connectivity index (χ0n) is 12.7. The lowest BCUT2D eigenvalue weighted by molar-refractivity contribution is 0.0821. The average Bonchev–Trinajstić information content (AvgIpc) is 2.96. The molecular formula is C15H21N5O. The van der Waals surface area contributed by atoms with Gasteiger partial charge in [-0.1, -0.05) is 13.0 Å². The fraction of sp³-hybridized carbons (Fsp3) is 0.400. The van der Waals surface area contributed by atoms with Crippen molar-refractivity contribution in [3.8, 4) is 5.82 Å². The molecule has 0 saturated carbocycles. The van der Waals surface area contributed by atoms with Gasteiger partial charge in [-0.2, -0.15) is 5.10 Å². The van der Waals surface area contributed by atoms with E-state index in [0.717, 1.165) is 24.2 Å². The zero-order valence-corrected chi connectivity index (χ0v) is 12.7. The van der Waals surface area contributed by atoms with Crippen molar-refractivity contribution in [1.82, 2.24) is 19.7 Å². The van der Waals surface area contributed by atoms with Crippen molar-refractivity contribution < 1.29 is 4.79 Å². The summed E-state index contributed by atoms with van der Waals surface area (Å²) in [5.74, 6) is 0.593. The van der Waals surface area contributed by atoms with Crippen molar-refractivity contribution in [2.75, 3.05) is 14.1 Å². The summed E-state index contributed by atoms with van der Waals surface area (Å²) in [7, 11) is 3.40. The molecule has 0 aromatic carbocycles. The van der Waals surface area contributed by atoms with E-state index >= 15 is 0 Å². The number of amides is 1. The number of hydrogen-bond acceptors (Lipinski definition) is 4. The minimum atomic E-state index is -0.128. The summed E-state index contributed by atoms with van der Waals surface area (Å²) in [5, 5.41) is 4.32. The Balaban J connectivity index is 2.32. The summed E-state index contributed by atoms with van der Waals surface area (Å²) >= 11 is 0. The van der Waals surface area contributed by atoms with Crippen molar-refractivity contribution >= 4 is 5.91 Å². The molecular weight excluding hydrogens is 266 g/mol. The number of carbonyl (C=O) groups is 1. The molecule has 2 rings (SSSR count). The highest BCUT2D eigenvalue weighted by atomic mass is 16.2. The molecule has 6 nitrogen and oxygen atoms in total. The van der Waals surface area contributed by atoms with Gasteiger partial charge in [0, 0.05) is 32.5 Å². The third-order valence-electron chi connectivity index (χ3n) is 3.31. The van der Waals surface area contributed by atoms with Crippen LogP contribution in [-0.2, 0) is 6.42 Å². The molecule has 0 saturated heterocycles. The van der Waals surface area contributed by atoms with E-state index in [1.165, 1.54) is 4.90 Å². The highest BCUT2D eigenvalue weighted by Crippen LogP contribution is 2.14. The first-order chi connectivity index (χ1) is 10.0. The normalized spacial score (nSPS) is 12.2. The third-order valence-corrected chi connectivity index (χ3v) is 3.31. The Labute approximate surface area is 124 Å². The Bertz CT molecular complexity index is 620. The van der Waals surface area contributed by atoms with Gasteiger partial charge >= 0.3 is 0 Å². The van der Waals surface area contributed by atoms with E-state index in [0.29, 0.717) is 5.69 Å². The van der Waals surface area contributed by atoms with Crippen LogP contribution in [0, 0.1) is 0 Å². The minimum absolute atomic E-state index is 0.0892. The third kappa shape index (κ3) is 3.46. The van der Waals surface area contributed by atoms with Gasteiger partial charge in [-0.05, 0) is 30.5 Å². The molecule has 0 aliphatic heterocycles. The fourth-order valence-electron chi connectivity index (χ4n) is 2.01. The van der Waals surface area contributed by atoms with Crippen molar-refractivity contribution in [2.24, 2.45) is 5.73 Å². The highest BCUT2D eigenvalue weighted by molar-refractivity contribution is 5.91. The molecule has 2 aromatic heterocycles. The number of carbonyl (C=O) groups excluding carboxylic acids is 1. The average molecular weight is 287 g/mol. The molecule has 112 valence electrons. The van der Waals surface area contributed by atoms with E-state index in [2.05, 4.69) is 17.0 Å². The molecule has 2 aromatic rings. The SMILES string of the molecule is CCC(N)Cc1cccnc1-n1ccc(C(=O)N(C)C)n1. The maximum Gasteiger partial charge on any atom is 0.273 e. The molecule has 21 heavy (non-hydrogen) atoms. The smallest absolute Gasteiger partial charge is 0.273 e. The molecule has 0 radical (unpaired) electrons. The van der Waals surface area contributed by atoms with E-state index in [1.54, 1.807) is 37.2 Å². The number of rotatable bonds is 5. The van der Waals surface area contributed by atoms with Crippen molar-refractivity contribution in [3.05, 3.63) is 41.9 Å². The van der Waals surface area contributed by atoms with Crippen LogP contribution >= 0.6 is 0 Å². The first kappa shape index (κ1) is 15.2. The molecule has 1 unspecified atom stereocenters. The van der Waals surface area contributed by atoms with Gasteiger partial charge in [-0.3, -0.25) is 4.79 Å². The van der Waals surface area contributed by atoms with Gasteiger partial charge in [0.05, 0.1) is 0 Å². The summed E-state index contributed by atoms with van der Waals surface area (Å²) in [6.45, 7) is 2.06. The van der Waals surface area contributed by atoms with Crippen LogP contribution in [0.4, 0.5) is 0 Å². The van der Waals surface area contributed by atoms with Crippen molar-refractivity contribution in [3.63, 3.8) is 0 Å². The van der Waals surface area contributed by atoms with Crippen LogP contribution in [0.15, 0.2) is 30.6 Å². The summed E-state index contributed by atoms with van der Waals surface area (Å²) in [4.78, 5) is 17.8. The second-order valence-corrected chi connectivity index (χ2v) is 5.20. The van der Waals surface area contributed by atoms with Gasteiger partial charge in [-0.25, -0.2) is 9.67 Å². The van der Waals surface area contributed by atoms with Crippen LogP contribution in [-0.4, -0.2) is 45.7 Å². The molecule has 0 aliphatic rings. The largest absolute Gasteiger partial charge is 0.343 e. The maximum absolute atomic E-state index is 11.9. The second kappa shape index (κ2) is 6.49. The number of hydrogen-bond donors (Lipinski definition) is 1. The topological polar surface area (TPSA) is 77.0 Å². The summed E-state index contributed by atoms with van der Waals surface area (Å²) in [6, 6.07) is 5.66. The summed E-state index contributed by atoms with van der Waals surface area (Å²) < 4.78 is 1.63. The van der Waals surface area contributed by atoms with Gasteiger partial charge in [0.1, 0.15) is 0 Å². The van der Waals surface area contributed by atoms with Gasteiger partial charge in [0.25, 0.3) is 5.91 Å². The first-order valence-corrected chi connectivity index (χ1v) is 7.00. The Morgan fingerprint density at radius 1 is 1.43 bits per heavy atom. The lowest BCUT2D eigenvalue weighted by Gasteiger charge is -2.12. The van der Waals surface area contributed by atoms with Gasteiger partial charge in [0.2, 0.25) is 0 Å². The van der Waals surface area contributed by atoms with E-state index in [1.807, 2.05) is 12.1 Å². The summed E-state index contributed by atoms with van der Waals surface area (Å²) in [5.41, 5.74) is 7.45. The van der Waals surface area contributed by atoms with E-state index in [9.17, 15) is 4.79 Å². The zero-order chi connectivity index (χ0) is 15.4. The lowest BCUT2D eigenvalue weighted by Crippen LogP contribution is -2.23. The van der Waals surface area contributed by atoms with Crippen LogP contribution in [0.2, 0.25) is 0 Å². The van der Waals surface area contributed by atoms with Gasteiger partial charge in [0.15, 0.2) is 11.5 Å². The molecule has 2 heterocycles. The Morgan fingerprint density at radius 2 is 2.19 bits per heavy atom. The quantitative estimate of drug-likeness (QED) is 0.898. The van der Waals surface area contributed by atoms with E-state index in [4.69, 9.17) is 5.73 Å². The van der Waals surface area contributed by atoms with Crippen LogP contribution in [0.25, 0.3) is 5.82 Å². The summed E-state index contributed by atoms with van der Waals surface area (Å²) in [6.07, 6.45) is 5.10. The van der Waals surface area contributed by atoms with Crippen LogP contribution in [0.3, 0.4) is 0 Å². The first-order valence-electron chi connectivity index (χ1n) is 7.00. The predicted molar refractivity (Wildman–Crippen MR) is 81.3 cm³/mol. The van der Waals surface area contributed by atoms with Crippen molar-refractivity contribution in [1.29, 1.82) is 0 Å². The molecule has 1 atom stereocenters. The maximum atomic E-state index is 11.9. The Hall–Kier alpha value is -2.21. The molecule has 0 bridgehead atoms. The standard InChI is InChI=1S/C15H21N5O/c1-4-12(16)10-11-6-5-8-17-14(11)20-9-7-13(18-20)15(21)19(2)3/h5-9,12H,4,10,16H2,1-3H3. The Kier molecular flexibility index (Phi) is 4.70. The van der Waals surface area contributed by atoms with Crippen LogP contribution in [0.5, 0.6) is 0 Å². The molecule has 0 aliphatic carbocycles. The van der Waals surface area contributed by atoms with Gasteiger partial charge < -0.3 is 10.6 Å². The molecule has 1 amide bonds. The molecule has 0 fully saturated rings. The van der Waals surface area contributed by atoms with Crippen LogP contribution in [0.1, 0.15) is 29.4 Å². The lowest BCUT2D eigenvalue weighted by atomic mass is 10.1. The van der Waals surface area contributed by atoms with Crippen LogP contribution < -0.4 is 5.73 Å². The van der Waals surface area contributed by atoms with E-state index < -0.39 is 0 Å². The fourth-order valence-corrected chi connectivity index (χ4v) is 2.01. The monoisotopic (exact) mass is 287 g/mol. The van der Waals surface area contributed by atoms with Crippen molar-refractivity contribution in [2.45, 2.75) is 25.8 Å². The predicted octanol–water partition coefficient (Wildman–Crippen LogP) is 1.25. The van der Waals surface area contributed by atoms with E-state index in [-0.39, 0.29) is 11.9 Å². The molecule has 6 heteroatoms. The number of pyridine rings is 1. The Morgan fingerprint density at radius 3 is 2.86 bits per heavy atom.